The quantitative estimate of drug-likeness (QED) is 0.730. The molecule has 0 bridgehead atoms. The maximum absolute atomic E-state index is 12.0. The highest BCUT2D eigenvalue weighted by molar-refractivity contribution is 5.94. The molecular formula is C16H21NO4. The number of nitrogens with one attached hydrogen (secondary N) is 1. The van der Waals surface area contributed by atoms with Gasteiger partial charge in [0.05, 0.1) is 19.3 Å². The molecule has 0 radical (unpaired) electrons. The van der Waals surface area contributed by atoms with Gasteiger partial charge in [0, 0.05) is 38.3 Å². The van der Waals surface area contributed by atoms with E-state index in [9.17, 15) is 4.79 Å². The number of rotatable bonds is 7. The number of hydrogen-bond donors (Lipinski definition) is 2. The molecule has 5 heteroatoms. The van der Waals surface area contributed by atoms with Crippen molar-refractivity contribution in [2.24, 2.45) is 0 Å². The van der Waals surface area contributed by atoms with E-state index in [1.165, 1.54) is 0 Å². The third-order valence-electron chi connectivity index (χ3n) is 2.79. The van der Waals surface area contributed by atoms with E-state index in [1.54, 1.807) is 38.5 Å². The molecule has 0 saturated heterocycles. The maximum atomic E-state index is 12.0. The molecular weight excluding hydrogens is 270 g/mol. The monoisotopic (exact) mass is 291 g/mol. The zero-order valence-electron chi connectivity index (χ0n) is 12.4. The van der Waals surface area contributed by atoms with Gasteiger partial charge in [0.25, 0.3) is 5.91 Å². The Morgan fingerprint density at radius 2 is 2.05 bits per heavy atom. The van der Waals surface area contributed by atoms with Crippen molar-refractivity contribution in [3.8, 4) is 11.8 Å². The van der Waals surface area contributed by atoms with Crippen molar-refractivity contribution in [3.63, 3.8) is 0 Å². The highest BCUT2D eigenvalue weighted by Gasteiger charge is 2.10. The van der Waals surface area contributed by atoms with Crippen LogP contribution in [0.2, 0.25) is 0 Å². The summed E-state index contributed by atoms with van der Waals surface area (Å²) in [4.78, 5) is 12.0. The summed E-state index contributed by atoms with van der Waals surface area (Å²) in [5.41, 5.74) is 1.38. The van der Waals surface area contributed by atoms with E-state index in [0.717, 1.165) is 5.56 Å². The minimum absolute atomic E-state index is 0.0512. The summed E-state index contributed by atoms with van der Waals surface area (Å²) in [6.07, 6.45) is 0.280. The Kier molecular flexibility index (Phi) is 8.14. The number of methoxy groups -OCH3 is 2. The molecule has 0 aromatic heterocycles. The SMILES string of the molecule is COCC(CNC(=O)c1ccc(C#CCCO)cc1)OC. The molecule has 1 atom stereocenters. The lowest BCUT2D eigenvalue weighted by molar-refractivity contribution is 0.0285. The van der Waals surface area contributed by atoms with E-state index in [4.69, 9.17) is 14.6 Å². The second kappa shape index (κ2) is 9.94. The molecule has 1 aromatic carbocycles. The van der Waals surface area contributed by atoms with Crippen molar-refractivity contribution >= 4 is 5.91 Å². The standard InChI is InChI=1S/C16H21NO4/c1-20-12-15(21-2)11-17-16(19)14-8-6-13(7-9-14)5-3-4-10-18/h6-9,15,18H,4,10-12H2,1-2H3,(H,17,19). The summed E-state index contributed by atoms with van der Waals surface area (Å²) in [6, 6.07) is 7.00. The highest BCUT2D eigenvalue weighted by atomic mass is 16.5. The molecule has 0 fully saturated rings. The maximum Gasteiger partial charge on any atom is 0.251 e. The molecule has 0 heterocycles. The van der Waals surface area contributed by atoms with Gasteiger partial charge in [-0.2, -0.15) is 0 Å². The lowest BCUT2D eigenvalue weighted by Gasteiger charge is -2.14. The molecule has 1 amide bonds. The molecule has 0 spiro atoms. The van der Waals surface area contributed by atoms with Crippen LogP contribution in [0, 0.1) is 11.8 Å². The summed E-state index contributed by atoms with van der Waals surface area (Å²) in [7, 11) is 3.17. The van der Waals surface area contributed by atoms with E-state index in [-0.39, 0.29) is 18.6 Å². The number of hydrogen-bond acceptors (Lipinski definition) is 4. The average Bonchev–Trinajstić information content (AvgIpc) is 2.52. The first-order chi connectivity index (χ1) is 10.2. The van der Waals surface area contributed by atoms with Crippen LogP contribution in [0.3, 0.4) is 0 Å². The molecule has 114 valence electrons. The van der Waals surface area contributed by atoms with E-state index >= 15 is 0 Å². The van der Waals surface area contributed by atoms with Crippen LogP contribution in [0.1, 0.15) is 22.3 Å². The lowest BCUT2D eigenvalue weighted by atomic mass is 10.1. The second-order valence-electron chi connectivity index (χ2n) is 4.38. The zero-order valence-corrected chi connectivity index (χ0v) is 12.4. The number of benzene rings is 1. The van der Waals surface area contributed by atoms with Crippen LogP contribution in [-0.2, 0) is 9.47 Å². The fourth-order valence-corrected chi connectivity index (χ4v) is 1.63. The van der Waals surface area contributed by atoms with Gasteiger partial charge in [0.1, 0.15) is 0 Å². The Bertz CT molecular complexity index is 487. The fourth-order valence-electron chi connectivity index (χ4n) is 1.63. The Morgan fingerprint density at radius 1 is 1.33 bits per heavy atom. The Balaban J connectivity index is 2.53. The second-order valence-corrected chi connectivity index (χ2v) is 4.38. The number of aliphatic hydroxyl groups excluding tert-OH is 1. The molecule has 1 unspecified atom stereocenters. The predicted molar refractivity (Wildman–Crippen MR) is 80.0 cm³/mol. The van der Waals surface area contributed by atoms with Gasteiger partial charge in [-0.15, -0.1) is 0 Å². The number of amides is 1. The topological polar surface area (TPSA) is 67.8 Å². The van der Waals surface area contributed by atoms with Crippen LogP contribution in [0.4, 0.5) is 0 Å². The van der Waals surface area contributed by atoms with E-state index in [0.29, 0.717) is 25.1 Å². The zero-order chi connectivity index (χ0) is 15.5. The van der Waals surface area contributed by atoms with Gasteiger partial charge < -0.3 is 19.9 Å². The minimum atomic E-state index is -0.164. The summed E-state index contributed by atoms with van der Waals surface area (Å²) < 4.78 is 10.2. The Morgan fingerprint density at radius 3 is 2.62 bits per heavy atom. The number of carbonyl (C=O) groups is 1. The van der Waals surface area contributed by atoms with Crippen LogP contribution in [0.5, 0.6) is 0 Å². The normalized spacial score (nSPS) is 11.4. The fraction of sp³-hybridized carbons (Fsp3) is 0.438. The van der Waals surface area contributed by atoms with Gasteiger partial charge in [0.15, 0.2) is 0 Å². The van der Waals surface area contributed by atoms with Gasteiger partial charge in [-0.25, -0.2) is 0 Å². The van der Waals surface area contributed by atoms with Crippen molar-refractivity contribution in [2.45, 2.75) is 12.5 Å². The summed E-state index contributed by atoms with van der Waals surface area (Å²) in [5, 5.41) is 11.4. The number of aliphatic hydroxyl groups is 1. The third kappa shape index (κ3) is 6.41. The highest BCUT2D eigenvalue weighted by Crippen LogP contribution is 2.03. The first kappa shape index (κ1) is 17.2. The van der Waals surface area contributed by atoms with Crippen molar-refractivity contribution in [1.29, 1.82) is 0 Å². The van der Waals surface area contributed by atoms with Gasteiger partial charge >= 0.3 is 0 Å². The largest absolute Gasteiger partial charge is 0.395 e. The summed E-state index contributed by atoms with van der Waals surface area (Å²) in [6.45, 7) is 0.868. The van der Waals surface area contributed by atoms with Crippen molar-refractivity contribution < 1.29 is 19.4 Å². The number of ether oxygens (including phenoxy) is 2. The average molecular weight is 291 g/mol. The lowest BCUT2D eigenvalue weighted by Crippen LogP contribution is -2.35. The van der Waals surface area contributed by atoms with Gasteiger partial charge in [0.2, 0.25) is 0 Å². The Hall–Kier alpha value is -1.87. The molecule has 1 aromatic rings. The summed E-state index contributed by atoms with van der Waals surface area (Å²) >= 11 is 0. The molecule has 21 heavy (non-hydrogen) atoms. The molecule has 2 N–H and O–H groups in total. The van der Waals surface area contributed by atoms with Gasteiger partial charge in [-0.1, -0.05) is 11.8 Å². The molecule has 0 aliphatic rings. The first-order valence-electron chi connectivity index (χ1n) is 6.71. The van der Waals surface area contributed by atoms with E-state index in [1.807, 2.05) is 0 Å². The smallest absolute Gasteiger partial charge is 0.251 e. The third-order valence-corrected chi connectivity index (χ3v) is 2.79. The Labute approximate surface area is 125 Å². The van der Waals surface area contributed by atoms with Crippen molar-refractivity contribution in [1.82, 2.24) is 5.32 Å². The predicted octanol–water partition coefficient (Wildman–Crippen LogP) is 0.812. The van der Waals surface area contributed by atoms with Crippen LogP contribution in [-0.4, -0.2) is 51.1 Å². The molecule has 0 aliphatic carbocycles. The summed E-state index contributed by atoms with van der Waals surface area (Å²) in [5.74, 6) is 5.58. The van der Waals surface area contributed by atoms with Gasteiger partial charge in [-0.3, -0.25) is 4.79 Å². The van der Waals surface area contributed by atoms with Crippen molar-refractivity contribution in [3.05, 3.63) is 35.4 Å². The first-order valence-corrected chi connectivity index (χ1v) is 6.71. The van der Waals surface area contributed by atoms with Crippen LogP contribution in [0.25, 0.3) is 0 Å². The molecule has 1 rings (SSSR count). The van der Waals surface area contributed by atoms with Crippen LogP contribution in [0.15, 0.2) is 24.3 Å². The van der Waals surface area contributed by atoms with E-state index in [2.05, 4.69) is 17.2 Å². The minimum Gasteiger partial charge on any atom is -0.395 e. The van der Waals surface area contributed by atoms with Crippen molar-refractivity contribution in [2.75, 3.05) is 34.0 Å². The van der Waals surface area contributed by atoms with Crippen LogP contribution < -0.4 is 5.32 Å². The molecule has 0 saturated carbocycles. The number of carbonyl (C=O) groups excluding carboxylic acids is 1. The van der Waals surface area contributed by atoms with E-state index < -0.39 is 0 Å². The van der Waals surface area contributed by atoms with Crippen LogP contribution >= 0.6 is 0 Å². The van der Waals surface area contributed by atoms with Gasteiger partial charge in [-0.05, 0) is 24.3 Å². The molecule has 0 aliphatic heterocycles. The molecule has 5 nitrogen and oxygen atoms in total.